The maximum absolute atomic E-state index is 13.6. The van der Waals surface area contributed by atoms with Crippen LogP contribution < -0.4 is 0 Å². The Labute approximate surface area is 121 Å². The van der Waals surface area contributed by atoms with E-state index >= 15 is 0 Å². The van der Waals surface area contributed by atoms with Gasteiger partial charge in [0.05, 0.1) is 6.10 Å². The summed E-state index contributed by atoms with van der Waals surface area (Å²) >= 11 is 3.29. The summed E-state index contributed by atoms with van der Waals surface area (Å²) in [5, 5.41) is 10.1. The zero-order valence-electron chi connectivity index (χ0n) is 10.7. The van der Waals surface area contributed by atoms with E-state index in [1.807, 2.05) is 25.1 Å². The molecule has 0 amide bonds. The quantitative estimate of drug-likeness (QED) is 0.874. The van der Waals surface area contributed by atoms with Crippen LogP contribution in [0, 0.1) is 12.7 Å². The summed E-state index contributed by atoms with van der Waals surface area (Å²) in [5.74, 6) is -0.361. The molecule has 0 aromatic heterocycles. The fourth-order valence-electron chi connectivity index (χ4n) is 2.10. The molecule has 0 fully saturated rings. The molecule has 0 aliphatic carbocycles. The second kappa shape index (κ2) is 6.31. The van der Waals surface area contributed by atoms with Gasteiger partial charge in [-0.15, -0.1) is 0 Å². The van der Waals surface area contributed by atoms with Crippen LogP contribution in [0.25, 0.3) is 0 Å². The van der Waals surface area contributed by atoms with E-state index in [0.29, 0.717) is 12.0 Å². The number of hydrogen-bond acceptors (Lipinski definition) is 1. The van der Waals surface area contributed by atoms with E-state index in [9.17, 15) is 9.50 Å². The molecule has 1 N–H and O–H groups in total. The fraction of sp³-hybridized carbons (Fsp3) is 0.250. The molecule has 2 aromatic rings. The number of rotatable bonds is 4. The SMILES string of the molecule is Cc1cccc(CCC(O)c2cc(Br)ccc2F)c1. The summed E-state index contributed by atoms with van der Waals surface area (Å²) in [5.41, 5.74) is 2.71. The van der Waals surface area contributed by atoms with Gasteiger partial charge in [0.1, 0.15) is 5.82 Å². The zero-order valence-corrected chi connectivity index (χ0v) is 12.3. The molecule has 2 rings (SSSR count). The normalized spacial score (nSPS) is 12.4. The molecule has 0 saturated heterocycles. The predicted octanol–water partition coefficient (Wildman–Crippen LogP) is 4.56. The van der Waals surface area contributed by atoms with Crippen LogP contribution in [0.1, 0.15) is 29.2 Å². The van der Waals surface area contributed by atoms with Gasteiger partial charge in [0.15, 0.2) is 0 Å². The lowest BCUT2D eigenvalue weighted by atomic mass is 10.00. The highest BCUT2D eigenvalue weighted by molar-refractivity contribution is 9.10. The molecule has 3 heteroatoms. The van der Waals surface area contributed by atoms with E-state index < -0.39 is 6.10 Å². The maximum atomic E-state index is 13.6. The van der Waals surface area contributed by atoms with Crippen molar-refractivity contribution in [2.45, 2.75) is 25.9 Å². The van der Waals surface area contributed by atoms with Crippen LogP contribution in [-0.2, 0) is 6.42 Å². The second-order valence-corrected chi connectivity index (χ2v) is 5.63. The Bertz CT molecular complexity index is 568. The van der Waals surface area contributed by atoms with Crippen molar-refractivity contribution < 1.29 is 9.50 Å². The molecule has 1 unspecified atom stereocenters. The number of hydrogen-bond donors (Lipinski definition) is 1. The van der Waals surface area contributed by atoms with Gasteiger partial charge in [0.25, 0.3) is 0 Å². The molecule has 0 bridgehead atoms. The van der Waals surface area contributed by atoms with Crippen LogP contribution in [0.2, 0.25) is 0 Å². The molecule has 1 atom stereocenters. The van der Waals surface area contributed by atoms with Gasteiger partial charge in [0, 0.05) is 10.0 Å². The smallest absolute Gasteiger partial charge is 0.129 e. The number of benzene rings is 2. The van der Waals surface area contributed by atoms with Crippen LogP contribution in [-0.4, -0.2) is 5.11 Å². The Kier molecular flexibility index (Phi) is 4.72. The van der Waals surface area contributed by atoms with Crippen molar-refractivity contribution in [2.24, 2.45) is 0 Å². The molecule has 0 aliphatic heterocycles. The summed E-state index contributed by atoms with van der Waals surface area (Å²) in [6.45, 7) is 2.04. The van der Waals surface area contributed by atoms with E-state index in [1.54, 1.807) is 12.1 Å². The molecule has 100 valence electrons. The molecular formula is C16H16BrFO. The van der Waals surface area contributed by atoms with Crippen molar-refractivity contribution in [3.05, 3.63) is 69.4 Å². The van der Waals surface area contributed by atoms with Crippen molar-refractivity contribution in [3.8, 4) is 0 Å². The Hall–Kier alpha value is -1.19. The molecule has 0 spiro atoms. The van der Waals surface area contributed by atoms with Gasteiger partial charge in [-0.25, -0.2) is 4.39 Å². The highest BCUT2D eigenvalue weighted by Gasteiger charge is 2.13. The average Bonchev–Trinajstić information content (AvgIpc) is 2.39. The summed E-state index contributed by atoms with van der Waals surface area (Å²) < 4.78 is 14.4. The molecular weight excluding hydrogens is 307 g/mol. The van der Waals surface area contributed by atoms with E-state index in [-0.39, 0.29) is 5.82 Å². The lowest BCUT2D eigenvalue weighted by molar-refractivity contribution is 0.163. The third kappa shape index (κ3) is 3.88. The first-order valence-electron chi connectivity index (χ1n) is 6.25. The molecule has 0 saturated carbocycles. The summed E-state index contributed by atoms with van der Waals surface area (Å²) in [6, 6.07) is 12.8. The van der Waals surface area contributed by atoms with Crippen molar-refractivity contribution in [3.63, 3.8) is 0 Å². The Morgan fingerprint density at radius 3 is 2.74 bits per heavy atom. The van der Waals surface area contributed by atoms with Crippen molar-refractivity contribution in [1.82, 2.24) is 0 Å². The Morgan fingerprint density at radius 2 is 2.00 bits per heavy atom. The van der Waals surface area contributed by atoms with Crippen LogP contribution in [0.15, 0.2) is 46.9 Å². The summed E-state index contributed by atoms with van der Waals surface area (Å²) in [4.78, 5) is 0. The highest BCUT2D eigenvalue weighted by Crippen LogP contribution is 2.25. The molecule has 2 aromatic carbocycles. The molecule has 0 heterocycles. The van der Waals surface area contributed by atoms with Crippen molar-refractivity contribution in [1.29, 1.82) is 0 Å². The number of halogens is 2. The third-order valence-electron chi connectivity index (χ3n) is 3.11. The topological polar surface area (TPSA) is 20.2 Å². The first-order valence-corrected chi connectivity index (χ1v) is 7.04. The Morgan fingerprint density at radius 1 is 1.21 bits per heavy atom. The first-order chi connectivity index (χ1) is 9.06. The van der Waals surface area contributed by atoms with Gasteiger partial charge >= 0.3 is 0 Å². The zero-order chi connectivity index (χ0) is 13.8. The van der Waals surface area contributed by atoms with E-state index in [2.05, 4.69) is 22.0 Å². The second-order valence-electron chi connectivity index (χ2n) is 4.71. The van der Waals surface area contributed by atoms with Gasteiger partial charge in [-0.05, 0) is 43.5 Å². The molecule has 0 aliphatic rings. The van der Waals surface area contributed by atoms with E-state index in [4.69, 9.17) is 0 Å². The van der Waals surface area contributed by atoms with Gasteiger partial charge in [-0.2, -0.15) is 0 Å². The maximum Gasteiger partial charge on any atom is 0.129 e. The standard InChI is InChI=1S/C16H16BrFO/c1-11-3-2-4-12(9-11)5-8-16(19)14-10-13(17)6-7-15(14)18/h2-4,6-7,9-10,16,19H,5,8H2,1H3. The summed E-state index contributed by atoms with van der Waals surface area (Å²) in [7, 11) is 0. The first kappa shape index (κ1) is 14.2. The number of aryl methyl sites for hydroxylation is 2. The predicted molar refractivity (Wildman–Crippen MR) is 78.6 cm³/mol. The monoisotopic (exact) mass is 322 g/mol. The largest absolute Gasteiger partial charge is 0.388 e. The van der Waals surface area contributed by atoms with Crippen molar-refractivity contribution >= 4 is 15.9 Å². The van der Waals surface area contributed by atoms with Gasteiger partial charge in [0.2, 0.25) is 0 Å². The summed E-state index contributed by atoms with van der Waals surface area (Å²) in [6.07, 6.45) is 0.462. The van der Waals surface area contributed by atoms with Crippen LogP contribution in [0.5, 0.6) is 0 Å². The minimum atomic E-state index is -0.780. The fourth-order valence-corrected chi connectivity index (χ4v) is 2.48. The Balaban J connectivity index is 2.05. The highest BCUT2D eigenvalue weighted by atomic mass is 79.9. The molecule has 19 heavy (non-hydrogen) atoms. The van der Waals surface area contributed by atoms with Gasteiger partial charge < -0.3 is 5.11 Å². The minimum absolute atomic E-state index is 0.349. The van der Waals surface area contributed by atoms with Gasteiger partial charge in [-0.1, -0.05) is 45.8 Å². The number of aliphatic hydroxyl groups is 1. The van der Waals surface area contributed by atoms with Crippen molar-refractivity contribution in [2.75, 3.05) is 0 Å². The minimum Gasteiger partial charge on any atom is -0.388 e. The van der Waals surface area contributed by atoms with E-state index in [0.717, 1.165) is 16.5 Å². The van der Waals surface area contributed by atoms with Crippen LogP contribution in [0.3, 0.4) is 0 Å². The third-order valence-corrected chi connectivity index (χ3v) is 3.60. The average molecular weight is 323 g/mol. The van der Waals surface area contributed by atoms with Gasteiger partial charge in [-0.3, -0.25) is 0 Å². The number of aliphatic hydroxyl groups excluding tert-OH is 1. The molecule has 1 nitrogen and oxygen atoms in total. The van der Waals surface area contributed by atoms with E-state index in [1.165, 1.54) is 11.6 Å². The lowest BCUT2D eigenvalue weighted by Crippen LogP contribution is -2.02. The van der Waals surface area contributed by atoms with Crippen LogP contribution in [0.4, 0.5) is 4.39 Å². The lowest BCUT2D eigenvalue weighted by Gasteiger charge is -2.12. The van der Waals surface area contributed by atoms with Crippen LogP contribution >= 0.6 is 15.9 Å². The molecule has 0 radical (unpaired) electrons.